The standard InChI is InChI=1S/C18H16N4O3S2/c1-11-5-7-26-15(11)9-19-21-17(23)13-3-4-14(25-13)18(24)22-20-10-16-12(2)6-8-27-16/h3-10H,1-2H3,(H,21,23)(H,22,24)/b19-9+,20-10+. The number of carbonyl (C=O) groups excluding carboxylic acids is 2. The van der Waals surface area contributed by atoms with Crippen molar-refractivity contribution in [2.24, 2.45) is 10.2 Å². The number of thiophene rings is 2. The molecule has 2 amide bonds. The third-order valence-corrected chi connectivity index (χ3v) is 5.46. The van der Waals surface area contributed by atoms with Crippen LogP contribution < -0.4 is 10.9 Å². The van der Waals surface area contributed by atoms with Gasteiger partial charge in [-0.05, 0) is 60.0 Å². The van der Waals surface area contributed by atoms with Crippen LogP contribution in [-0.4, -0.2) is 24.2 Å². The Morgan fingerprint density at radius 1 is 0.852 bits per heavy atom. The predicted octanol–water partition coefficient (Wildman–Crippen LogP) is 3.55. The number of aryl methyl sites for hydroxylation is 2. The lowest BCUT2D eigenvalue weighted by Crippen LogP contribution is -2.18. The van der Waals surface area contributed by atoms with Crippen LogP contribution in [0, 0.1) is 13.8 Å². The molecule has 0 bridgehead atoms. The van der Waals surface area contributed by atoms with Crippen molar-refractivity contribution < 1.29 is 14.0 Å². The third-order valence-electron chi connectivity index (χ3n) is 3.55. The van der Waals surface area contributed by atoms with Gasteiger partial charge in [-0.3, -0.25) is 9.59 Å². The maximum absolute atomic E-state index is 12.0. The Hall–Kier alpha value is -3.04. The number of furan rings is 1. The topological polar surface area (TPSA) is 96.1 Å². The Kier molecular flexibility index (Phi) is 5.94. The minimum atomic E-state index is -0.544. The first kappa shape index (κ1) is 18.7. The summed E-state index contributed by atoms with van der Waals surface area (Å²) in [4.78, 5) is 26.0. The molecule has 0 aliphatic rings. The summed E-state index contributed by atoms with van der Waals surface area (Å²) in [6.45, 7) is 3.92. The summed E-state index contributed by atoms with van der Waals surface area (Å²) in [5.74, 6) is -1.12. The van der Waals surface area contributed by atoms with Crippen LogP contribution in [0.2, 0.25) is 0 Å². The van der Waals surface area contributed by atoms with E-state index < -0.39 is 11.8 Å². The van der Waals surface area contributed by atoms with Gasteiger partial charge in [-0.25, -0.2) is 10.9 Å². The van der Waals surface area contributed by atoms with Gasteiger partial charge in [-0.15, -0.1) is 22.7 Å². The van der Waals surface area contributed by atoms with Crippen molar-refractivity contribution in [2.75, 3.05) is 0 Å². The summed E-state index contributed by atoms with van der Waals surface area (Å²) in [7, 11) is 0. The quantitative estimate of drug-likeness (QED) is 0.489. The molecule has 0 aromatic carbocycles. The maximum atomic E-state index is 12.0. The van der Waals surface area contributed by atoms with E-state index in [9.17, 15) is 9.59 Å². The molecule has 0 fully saturated rings. The fourth-order valence-corrected chi connectivity index (χ4v) is 3.60. The van der Waals surface area contributed by atoms with Crippen molar-refractivity contribution >= 4 is 46.9 Å². The Balaban J connectivity index is 1.55. The average molecular weight is 400 g/mol. The summed E-state index contributed by atoms with van der Waals surface area (Å²) >= 11 is 3.05. The van der Waals surface area contributed by atoms with Crippen molar-refractivity contribution in [3.63, 3.8) is 0 Å². The molecule has 7 nitrogen and oxygen atoms in total. The van der Waals surface area contributed by atoms with Crippen molar-refractivity contribution in [3.05, 3.63) is 67.4 Å². The first-order valence-electron chi connectivity index (χ1n) is 7.89. The number of hydrogen-bond acceptors (Lipinski definition) is 7. The molecule has 0 aliphatic carbocycles. The largest absolute Gasteiger partial charge is 0.446 e. The molecule has 9 heteroatoms. The Morgan fingerprint density at radius 2 is 1.30 bits per heavy atom. The molecule has 0 atom stereocenters. The number of carbonyl (C=O) groups is 2. The van der Waals surface area contributed by atoms with E-state index in [1.165, 1.54) is 34.8 Å². The van der Waals surface area contributed by atoms with Gasteiger partial charge < -0.3 is 4.42 Å². The van der Waals surface area contributed by atoms with Gasteiger partial charge in [0.15, 0.2) is 11.5 Å². The fraction of sp³-hybridized carbons (Fsp3) is 0.111. The van der Waals surface area contributed by atoms with Gasteiger partial charge in [-0.1, -0.05) is 0 Å². The van der Waals surface area contributed by atoms with Crippen molar-refractivity contribution in [1.82, 2.24) is 10.9 Å². The van der Waals surface area contributed by atoms with Crippen LogP contribution in [-0.2, 0) is 0 Å². The van der Waals surface area contributed by atoms with Gasteiger partial charge in [0.25, 0.3) is 0 Å². The summed E-state index contributed by atoms with van der Waals surface area (Å²) < 4.78 is 5.26. The van der Waals surface area contributed by atoms with Gasteiger partial charge in [0, 0.05) is 9.75 Å². The first-order valence-corrected chi connectivity index (χ1v) is 9.65. The highest BCUT2D eigenvalue weighted by Crippen LogP contribution is 2.13. The lowest BCUT2D eigenvalue weighted by molar-refractivity contribution is 0.0902. The molecule has 0 aliphatic heterocycles. The molecular formula is C18H16N4O3S2. The van der Waals surface area contributed by atoms with Crippen LogP contribution in [0.4, 0.5) is 0 Å². The molecule has 0 spiro atoms. The minimum Gasteiger partial charge on any atom is -0.446 e. The molecule has 27 heavy (non-hydrogen) atoms. The monoisotopic (exact) mass is 400 g/mol. The fourth-order valence-electron chi connectivity index (χ4n) is 2.02. The summed E-state index contributed by atoms with van der Waals surface area (Å²) in [5, 5.41) is 11.7. The van der Waals surface area contributed by atoms with Gasteiger partial charge in [0.05, 0.1) is 12.4 Å². The highest BCUT2D eigenvalue weighted by Gasteiger charge is 2.15. The maximum Gasteiger partial charge on any atom is 0.307 e. The summed E-state index contributed by atoms with van der Waals surface area (Å²) in [5.41, 5.74) is 6.89. The molecule has 0 saturated heterocycles. The van der Waals surface area contributed by atoms with Crippen LogP contribution >= 0.6 is 22.7 Å². The second-order valence-corrected chi connectivity index (χ2v) is 7.39. The molecule has 0 radical (unpaired) electrons. The van der Waals surface area contributed by atoms with E-state index in [1.807, 2.05) is 36.7 Å². The zero-order chi connectivity index (χ0) is 19.2. The number of nitrogens with one attached hydrogen (secondary N) is 2. The van der Waals surface area contributed by atoms with E-state index >= 15 is 0 Å². The summed E-state index contributed by atoms with van der Waals surface area (Å²) in [6.07, 6.45) is 3.13. The van der Waals surface area contributed by atoms with Crippen molar-refractivity contribution in [3.8, 4) is 0 Å². The average Bonchev–Trinajstić information content (AvgIpc) is 3.37. The molecular weight excluding hydrogens is 384 g/mol. The Labute approximate surface area is 163 Å². The third kappa shape index (κ3) is 4.78. The van der Waals surface area contributed by atoms with Crippen molar-refractivity contribution in [1.29, 1.82) is 0 Å². The zero-order valence-electron chi connectivity index (χ0n) is 14.6. The number of hydrazone groups is 2. The number of nitrogens with zero attached hydrogens (tertiary/aromatic N) is 2. The molecule has 3 aromatic heterocycles. The lowest BCUT2D eigenvalue weighted by Gasteiger charge is -1.97. The van der Waals surface area contributed by atoms with Gasteiger partial charge in [0.2, 0.25) is 0 Å². The van der Waals surface area contributed by atoms with E-state index in [0.717, 1.165) is 20.9 Å². The molecule has 2 N–H and O–H groups in total. The molecule has 0 unspecified atom stereocenters. The summed E-state index contributed by atoms with van der Waals surface area (Å²) in [6, 6.07) is 6.74. The second-order valence-electron chi connectivity index (χ2n) is 5.50. The van der Waals surface area contributed by atoms with E-state index in [2.05, 4.69) is 21.1 Å². The zero-order valence-corrected chi connectivity index (χ0v) is 16.2. The number of rotatable bonds is 6. The van der Waals surface area contributed by atoms with Crippen molar-refractivity contribution in [2.45, 2.75) is 13.8 Å². The van der Waals surface area contributed by atoms with Crippen LogP contribution in [0.5, 0.6) is 0 Å². The molecule has 3 heterocycles. The van der Waals surface area contributed by atoms with Crippen LogP contribution in [0.3, 0.4) is 0 Å². The lowest BCUT2D eigenvalue weighted by atomic mass is 10.3. The Morgan fingerprint density at radius 3 is 1.67 bits per heavy atom. The number of amides is 2. The normalized spacial score (nSPS) is 11.3. The predicted molar refractivity (Wildman–Crippen MR) is 107 cm³/mol. The van der Waals surface area contributed by atoms with Gasteiger partial charge in [-0.2, -0.15) is 10.2 Å². The van der Waals surface area contributed by atoms with Gasteiger partial charge >= 0.3 is 11.8 Å². The van der Waals surface area contributed by atoms with E-state index in [-0.39, 0.29) is 11.5 Å². The molecule has 0 saturated carbocycles. The SMILES string of the molecule is Cc1ccsc1/C=N/NC(=O)c1ccc(C(=O)N/N=C/c2sccc2C)o1. The Bertz CT molecular complexity index is 935. The minimum absolute atomic E-state index is 0.0155. The van der Waals surface area contributed by atoms with Gasteiger partial charge in [0.1, 0.15) is 0 Å². The smallest absolute Gasteiger partial charge is 0.307 e. The first-order chi connectivity index (χ1) is 13.0. The highest BCUT2D eigenvalue weighted by atomic mass is 32.1. The highest BCUT2D eigenvalue weighted by molar-refractivity contribution is 7.12. The number of hydrogen-bond donors (Lipinski definition) is 2. The van der Waals surface area contributed by atoms with E-state index in [0.29, 0.717) is 0 Å². The van der Waals surface area contributed by atoms with E-state index in [1.54, 1.807) is 12.4 Å². The molecule has 3 aromatic rings. The van der Waals surface area contributed by atoms with Crippen LogP contribution in [0.25, 0.3) is 0 Å². The molecule has 3 rings (SSSR count). The molecule has 138 valence electrons. The second kappa shape index (κ2) is 8.56. The van der Waals surface area contributed by atoms with E-state index in [4.69, 9.17) is 4.42 Å². The van der Waals surface area contributed by atoms with Crippen LogP contribution in [0.15, 0.2) is 49.6 Å². The van der Waals surface area contributed by atoms with Crippen LogP contribution in [0.1, 0.15) is 42.0 Å².